The third-order valence-corrected chi connectivity index (χ3v) is 4.08. The Hall–Kier alpha value is -3.12. The average molecular weight is 384 g/mol. The van der Waals surface area contributed by atoms with Gasteiger partial charge in [0.2, 0.25) is 0 Å². The summed E-state index contributed by atoms with van der Waals surface area (Å²) < 4.78 is 5.16. The summed E-state index contributed by atoms with van der Waals surface area (Å²) in [6, 6.07) is 14.0. The van der Waals surface area contributed by atoms with E-state index >= 15 is 0 Å². The monoisotopic (exact) mass is 383 g/mol. The number of hydrogen-bond acceptors (Lipinski definition) is 4. The quantitative estimate of drug-likeness (QED) is 0.656. The summed E-state index contributed by atoms with van der Waals surface area (Å²) in [5.74, 6) is -0.00208. The van der Waals surface area contributed by atoms with Crippen LogP contribution in [0.1, 0.15) is 32.2 Å². The molecule has 1 aromatic carbocycles. The van der Waals surface area contributed by atoms with Gasteiger partial charge in [-0.2, -0.15) is 0 Å². The second-order valence-corrected chi connectivity index (χ2v) is 6.26. The van der Waals surface area contributed by atoms with Crippen LogP contribution in [0.25, 0.3) is 0 Å². The van der Waals surface area contributed by atoms with Gasteiger partial charge in [-0.25, -0.2) is 0 Å². The molecule has 138 valence electrons. The van der Waals surface area contributed by atoms with Gasteiger partial charge >= 0.3 is 0 Å². The minimum Gasteiger partial charge on any atom is -0.467 e. The van der Waals surface area contributed by atoms with Crippen LogP contribution in [0.5, 0.6) is 0 Å². The molecule has 0 bridgehead atoms. The highest BCUT2D eigenvalue weighted by molar-refractivity contribution is 6.30. The lowest BCUT2D eigenvalue weighted by molar-refractivity contribution is 0.0943. The Morgan fingerprint density at radius 1 is 1.04 bits per heavy atom. The first-order valence-corrected chi connectivity index (χ1v) is 8.79. The van der Waals surface area contributed by atoms with Crippen molar-refractivity contribution in [3.8, 4) is 0 Å². The largest absolute Gasteiger partial charge is 0.467 e. The Morgan fingerprint density at radius 2 is 1.93 bits per heavy atom. The van der Waals surface area contributed by atoms with Crippen LogP contribution in [0, 0.1) is 0 Å². The Balaban J connectivity index is 1.54. The normalized spacial score (nSPS) is 10.4. The van der Waals surface area contributed by atoms with E-state index in [4.69, 9.17) is 16.0 Å². The molecule has 0 unspecified atom stereocenters. The van der Waals surface area contributed by atoms with Gasteiger partial charge in [0.05, 0.1) is 12.8 Å². The van der Waals surface area contributed by atoms with Crippen molar-refractivity contribution in [2.75, 3.05) is 6.54 Å². The molecule has 0 aliphatic carbocycles. The number of pyridine rings is 1. The van der Waals surface area contributed by atoms with E-state index in [-0.39, 0.29) is 24.1 Å². The zero-order chi connectivity index (χ0) is 19.1. The number of nitrogens with one attached hydrogen (secondary N) is 2. The van der Waals surface area contributed by atoms with E-state index in [1.54, 1.807) is 24.3 Å². The van der Waals surface area contributed by atoms with Gasteiger partial charge in [0.15, 0.2) is 0 Å². The molecule has 27 heavy (non-hydrogen) atoms. The number of aromatic nitrogens is 1. The molecular weight excluding hydrogens is 366 g/mol. The third-order valence-electron chi connectivity index (χ3n) is 3.85. The fourth-order valence-corrected chi connectivity index (χ4v) is 2.69. The van der Waals surface area contributed by atoms with Crippen molar-refractivity contribution >= 4 is 23.4 Å². The molecule has 6 nitrogen and oxygen atoms in total. The van der Waals surface area contributed by atoms with Crippen LogP contribution in [0.15, 0.2) is 65.4 Å². The summed E-state index contributed by atoms with van der Waals surface area (Å²) in [5.41, 5.74) is 1.58. The van der Waals surface area contributed by atoms with Crippen LogP contribution < -0.4 is 10.6 Å². The smallest absolute Gasteiger partial charge is 0.270 e. The standard InChI is InChI=1S/C20H18ClN3O3/c21-16-4-1-3-14(11-16)6-8-23-19(25)15-7-9-22-18(12-15)20(26)24-13-17-5-2-10-27-17/h1-5,7,9-12H,6,8,13H2,(H,23,25)(H,24,26). The lowest BCUT2D eigenvalue weighted by atomic mass is 10.1. The molecule has 2 heterocycles. The second kappa shape index (κ2) is 9.00. The Morgan fingerprint density at radius 3 is 2.70 bits per heavy atom. The van der Waals surface area contributed by atoms with Crippen molar-refractivity contribution in [3.05, 3.63) is 88.6 Å². The molecule has 0 radical (unpaired) electrons. The Bertz CT molecular complexity index is 926. The molecule has 0 spiro atoms. The van der Waals surface area contributed by atoms with Crippen molar-refractivity contribution in [1.82, 2.24) is 15.6 Å². The zero-order valence-electron chi connectivity index (χ0n) is 14.4. The van der Waals surface area contributed by atoms with E-state index in [1.807, 2.05) is 18.2 Å². The topological polar surface area (TPSA) is 84.2 Å². The maximum atomic E-state index is 12.3. The minimum absolute atomic E-state index is 0.170. The van der Waals surface area contributed by atoms with Gasteiger partial charge in [0.25, 0.3) is 11.8 Å². The van der Waals surface area contributed by atoms with Crippen molar-refractivity contribution in [2.45, 2.75) is 13.0 Å². The third kappa shape index (κ3) is 5.43. The molecule has 0 fully saturated rings. The molecular formula is C20H18ClN3O3. The van der Waals surface area contributed by atoms with Gasteiger partial charge in [-0.05, 0) is 48.4 Å². The van der Waals surface area contributed by atoms with Gasteiger partial charge in [0.1, 0.15) is 11.5 Å². The lowest BCUT2D eigenvalue weighted by Gasteiger charge is -2.07. The number of amides is 2. The Labute approximate surface area is 161 Å². The molecule has 2 N–H and O–H groups in total. The highest BCUT2D eigenvalue weighted by atomic mass is 35.5. The maximum absolute atomic E-state index is 12.3. The molecule has 3 aromatic rings. The van der Waals surface area contributed by atoms with Gasteiger partial charge in [-0.15, -0.1) is 0 Å². The highest BCUT2D eigenvalue weighted by Crippen LogP contribution is 2.11. The predicted molar refractivity (Wildman–Crippen MR) is 102 cm³/mol. The highest BCUT2D eigenvalue weighted by Gasteiger charge is 2.12. The summed E-state index contributed by atoms with van der Waals surface area (Å²) in [7, 11) is 0. The lowest BCUT2D eigenvalue weighted by Crippen LogP contribution is -2.27. The second-order valence-electron chi connectivity index (χ2n) is 5.83. The summed E-state index contributed by atoms with van der Waals surface area (Å²) >= 11 is 5.95. The number of hydrogen-bond donors (Lipinski definition) is 2. The molecule has 0 aliphatic rings. The molecule has 7 heteroatoms. The number of furan rings is 1. The first-order chi connectivity index (χ1) is 13.1. The van der Waals surface area contributed by atoms with Crippen LogP contribution in [0.4, 0.5) is 0 Å². The van der Waals surface area contributed by atoms with Gasteiger partial charge in [-0.1, -0.05) is 23.7 Å². The summed E-state index contributed by atoms with van der Waals surface area (Å²) in [6.07, 6.45) is 3.63. The molecule has 2 aromatic heterocycles. The Kier molecular flexibility index (Phi) is 6.22. The van der Waals surface area contributed by atoms with Crippen LogP contribution in [0.2, 0.25) is 5.02 Å². The fraction of sp³-hybridized carbons (Fsp3) is 0.150. The van der Waals surface area contributed by atoms with Crippen LogP contribution in [-0.4, -0.2) is 23.3 Å². The molecule has 2 amide bonds. The van der Waals surface area contributed by atoms with Crippen LogP contribution in [0.3, 0.4) is 0 Å². The molecule has 3 rings (SSSR count). The summed E-state index contributed by atoms with van der Waals surface area (Å²) in [4.78, 5) is 28.5. The van der Waals surface area contributed by atoms with Gasteiger partial charge in [-0.3, -0.25) is 14.6 Å². The van der Waals surface area contributed by atoms with Crippen molar-refractivity contribution in [1.29, 1.82) is 0 Å². The predicted octanol–water partition coefficient (Wildman–Crippen LogP) is 3.23. The number of nitrogens with zero attached hydrogens (tertiary/aromatic N) is 1. The number of benzene rings is 1. The van der Waals surface area contributed by atoms with E-state index in [0.717, 1.165) is 5.56 Å². The fourth-order valence-electron chi connectivity index (χ4n) is 2.48. The number of carbonyl (C=O) groups excluding carboxylic acids is 2. The minimum atomic E-state index is -0.375. The number of carbonyl (C=O) groups is 2. The molecule has 0 aliphatic heterocycles. The van der Waals surface area contributed by atoms with E-state index in [1.165, 1.54) is 18.5 Å². The van der Waals surface area contributed by atoms with E-state index in [2.05, 4.69) is 15.6 Å². The van der Waals surface area contributed by atoms with Crippen LogP contribution in [-0.2, 0) is 13.0 Å². The van der Waals surface area contributed by atoms with Crippen molar-refractivity contribution < 1.29 is 14.0 Å². The van der Waals surface area contributed by atoms with E-state index in [0.29, 0.717) is 29.3 Å². The summed E-state index contributed by atoms with van der Waals surface area (Å²) in [6.45, 7) is 0.713. The van der Waals surface area contributed by atoms with Crippen molar-refractivity contribution in [3.63, 3.8) is 0 Å². The SMILES string of the molecule is O=C(NCCc1cccc(Cl)c1)c1ccnc(C(=O)NCc2ccco2)c1. The summed E-state index contributed by atoms with van der Waals surface area (Å²) in [5, 5.41) is 6.19. The van der Waals surface area contributed by atoms with Gasteiger partial charge < -0.3 is 15.1 Å². The van der Waals surface area contributed by atoms with E-state index < -0.39 is 0 Å². The molecule has 0 atom stereocenters. The first kappa shape index (κ1) is 18.7. The van der Waals surface area contributed by atoms with Crippen molar-refractivity contribution in [2.24, 2.45) is 0 Å². The first-order valence-electron chi connectivity index (χ1n) is 8.41. The number of rotatable bonds is 7. The zero-order valence-corrected chi connectivity index (χ0v) is 15.2. The van der Waals surface area contributed by atoms with E-state index in [9.17, 15) is 9.59 Å². The molecule has 0 saturated heterocycles. The van der Waals surface area contributed by atoms with Gasteiger partial charge in [0, 0.05) is 23.3 Å². The molecule has 0 saturated carbocycles. The van der Waals surface area contributed by atoms with Crippen LogP contribution >= 0.6 is 11.6 Å². The average Bonchev–Trinajstić information content (AvgIpc) is 3.20. The maximum Gasteiger partial charge on any atom is 0.270 e. The number of halogens is 1.